The number of halogens is 2. The van der Waals surface area contributed by atoms with Gasteiger partial charge in [-0.25, -0.2) is 0 Å². The Balaban J connectivity index is 0.000000873. The Bertz CT molecular complexity index is 375. The van der Waals surface area contributed by atoms with Gasteiger partial charge in [-0.3, -0.25) is 0 Å². The maximum atomic E-state index is 9.02. The van der Waals surface area contributed by atoms with E-state index >= 15 is 0 Å². The Morgan fingerprint density at radius 2 is 2.00 bits per heavy atom. The normalized spacial score (nSPS) is 11.7. The number of carbonyl (C=O) groups excluding carboxylic acids is 1. The molecule has 0 saturated heterocycles. The summed E-state index contributed by atoms with van der Waals surface area (Å²) in [5, 5.41) is 11.3. The number of hydrogen-bond acceptors (Lipinski definition) is 3. The van der Waals surface area contributed by atoms with Crippen molar-refractivity contribution in [2.75, 3.05) is 13.6 Å². The van der Waals surface area contributed by atoms with Crippen molar-refractivity contribution in [3.05, 3.63) is 33.8 Å². The zero-order valence-corrected chi connectivity index (χ0v) is 13.1. The third-order valence-electron chi connectivity index (χ3n) is 2.14. The number of rotatable bonds is 4. The largest absolute Gasteiger partial charge is 0.314 e. The predicted octanol–water partition coefficient (Wildman–Crippen LogP) is 3.83. The van der Waals surface area contributed by atoms with Crippen LogP contribution < -0.4 is 0 Å². The average molecular weight is 310 g/mol. The maximum Gasteiger partial charge on any atom is 0.116 e. The van der Waals surface area contributed by atoms with Gasteiger partial charge < -0.3 is 10.0 Å². The molecule has 2 atom stereocenters. The molecule has 1 aromatic rings. The summed E-state index contributed by atoms with van der Waals surface area (Å²) in [6, 6.07) is 5.60. The van der Waals surface area contributed by atoms with Crippen LogP contribution in [0.4, 0.5) is 0 Å². The summed E-state index contributed by atoms with van der Waals surface area (Å²) >= 11 is 11.7. The average Bonchev–Trinajstić information content (AvgIpc) is 2.30. The Morgan fingerprint density at radius 1 is 1.44 bits per heavy atom. The summed E-state index contributed by atoms with van der Waals surface area (Å²) < 4.78 is 0. The van der Waals surface area contributed by atoms with Gasteiger partial charge >= 0.3 is 0 Å². The van der Waals surface area contributed by atoms with Crippen LogP contribution in [0.1, 0.15) is 24.6 Å². The second-order valence-electron chi connectivity index (χ2n) is 3.69. The molecule has 0 aliphatic carbocycles. The van der Waals surface area contributed by atoms with E-state index in [2.05, 4.69) is 9.24 Å². The molecule has 18 heavy (non-hydrogen) atoms. The van der Waals surface area contributed by atoms with Crippen LogP contribution in [0.3, 0.4) is 0 Å². The molecular formula is C12H18Cl2NO2P. The van der Waals surface area contributed by atoms with Crippen molar-refractivity contribution < 1.29 is 10.0 Å². The number of hydroxylamine groups is 2. The van der Waals surface area contributed by atoms with Crippen molar-refractivity contribution in [1.82, 2.24) is 5.06 Å². The lowest BCUT2D eigenvalue weighted by Gasteiger charge is -2.14. The fourth-order valence-corrected chi connectivity index (χ4v) is 1.90. The molecule has 0 bridgehead atoms. The van der Waals surface area contributed by atoms with Crippen LogP contribution in [0.15, 0.2) is 18.2 Å². The van der Waals surface area contributed by atoms with Crippen molar-refractivity contribution in [1.29, 1.82) is 0 Å². The molecular weight excluding hydrogens is 292 g/mol. The molecule has 0 aliphatic rings. The van der Waals surface area contributed by atoms with Crippen molar-refractivity contribution in [2.24, 2.45) is 0 Å². The number of aldehydes is 1. The summed E-state index contributed by atoms with van der Waals surface area (Å²) in [5.74, 6) is 0. The third kappa shape index (κ3) is 7.30. The predicted molar refractivity (Wildman–Crippen MR) is 79.7 cm³/mol. The van der Waals surface area contributed by atoms with Gasteiger partial charge in [-0.1, -0.05) is 29.3 Å². The van der Waals surface area contributed by atoms with E-state index in [1.807, 2.05) is 12.1 Å². The van der Waals surface area contributed by atoms with Gasteiger partial charge in [0.05, 0.1) is 10.0 Å². The van der Waals surface area contributed by atoms with Gasteiger partial charge in [-0.2, -0.15) is 5.06 Å². The molecule has 0 saturated carbocycles. The van der Waals surface area contributed by atoms with E-state index in [4.69, 9.17) is 33.2 Å². The van der Waals surface area contributed by atoms with E-state index in [1.165, 1.54) is 12.0 Å². The highest BCUT2D eigenvalue weighted by atomic mass is 35.5. The van der Waals surface area contributed by atoms with Crippen LogP contribution in [0, 0.1) is 0 Å². The minimum absolute atomic E-state index is 0.273. The van der Waals surface area contributed by atoms with E-state index in [0.717, 1.165) is 18.3 Å². The van der Waals surface area contributed by atoms with Gasteiger partial charge in [0.2, 0.25) is 0 Å². The van der Waals surface area contributed by atoms with Crippen LogP contribution in [0.5, 0.6) is 0 Å². The van der Waals surface area contributed by atoms with Gasteiger partial charge in [0, 0.05) is 13.6 Å². The zero-order valence-electron chi connectivity index (χ0n) is 10.4. The second-order valence-corrected chi connectivity index (χ2v) is 5.30. The number of hydrogen-bond donors (Lipinski definition) is 1. The monoisotopic (exact) mass is 309 g/mol. The lowest BCUT2D eigenvalue weighted by atomic mass is 10.1. The summed E-state index contributed by atoms with van der Waals surface area (Å²) in [6.07, 6.45) is 1.59. The molecule has 0 aromatic heterocycles. The molecule has 1 rings (SSSR count). The maximum absolute atomic E-state index is 9.02. The van der Waals surface area contributed by atoms with Crippen molar-refractivity contribution >= 4 is 38.7 Å². The molecule has 2 unspecified atom stereocenters. The molecule has 0 fully saturated rings. The summed E-state index contributed by atoms with van der Waals surface area (Å²) in [4.78, 5) is 8.81. The van der Waals surface area contributed by atoms with E-state index in [1.54, 1.807) is 13.1 Å². The fraction of sp³-hybridized carbons (Fsp3) is 0.417. The summed E-state index contributed by atoms with van der Waals surface area (Å²) in [6.45, 7) is 2.06. The molecule has 0 aliphatic heterocycles. The van der Waals surface area contributed by atoms with Crippen molar-refractivity contribution in [3.8, 4) is 0 Å². The molecule has 102 valence electrons. The van der Waals surface area contributed by atoms with Crippen LogP contribution in [-0.4, -0.2) is 30.1 Å². The Kier molecular flexibility index (Phi) is 9.61. The van der Waals surface area contributed by atoms with Gasteiger partial charge in [-0.15, -0.1) is 9.24 Å². The third-order valence-corrected chi connectivity index (χ3v) is 3.59. The van der Waals surface area contributed by atoms with Crippen LogP contribution >= 0.6 is 32.4 Å². The highest BCUT2D eigenvalue weighted by Crippen LogP contribution is 2.31. The lowest BCUT2D eigenvalue weighted by Crippen LogP contribution is -2.15. The minimum atomic E-state index is 0.273. The summed E-state index contributed by atoms with van der Waals surface area (Å²) in [5.41, 5.74) is 1.38. The standard InChI is InChI=1S/C10H14Cl2NOP.C2H4O/c1-13(14)5-4-10(15)7-2-3-8(11)9(12)6-7;1-2-3/h2-3,6,10,14H,4-5,15H2,1H3;2H,1H3. The first-order chi connectivity index (χ1) is 8.42. The Hall–Kier alpha value is -0.180. The molecule has 3 nitrogen and oxygen atoms in total. The van der Waals surface area contributed by atoms with Crippen LogP contribution in [0.2, 0.25) is 10.0 Å². The van der Waals surface area contributed by atoms with Gasteiger partial charge in [0.1, 0.15) is 6.29 Å². The number of nitrogens with zero attached hydrogens (tertiary/aromatic N) is 1. The van der Waals surface area contributed by atoms with E-state index in [9.17, 15) is 0 Å². The van der Waals surface area contributed by atoms with E-state index in [-0.39, 0.29) is 5.66 Å². The molecule has 0 heterocycles. The molecule has 1 N–H and O–H groups in total. The van der Waals surface area contributed by atoms with Crippen molar-refractivity contribution in [2.45, 2.75) is 19.0 Å². The highest BCUT2D eigenvalue weighted by molar-refractivity contribution is 7.17. The van der Waals surface area contributed by atoms with Gasteiger partial charge in [-0.05, 0) is 36.7 Å². The fourth-order valence-electron chi connectivity index (χ4n) is 1.24. The van der Waals surface area contributed by atoms with Crippen LogP contribution in [0.25, 0.3) is 0 Å². The topological polar surface area (TPSA) is 40.5 Å². The first-order valence-electron chi connectivity index (χ1n) is 5.42. The first kappa shape index (κ1) is 17.8. The molecule has 1 aromatic carbocycles. The quantitative estimate of drug-likeness (QED) is 0.522. The van der Waals surface area contributed by atoms with Crippen LogP contribution in [-0.2, 0) is 4.79 Å². The molecule has 0 radical (unpaired) electrons. The Labute approximate surface area is 120 Å². The second kappa shape index (κ2) is 9.71. The van der Waals surface area contributed by atoms with Crippen molar-refractivity contribution in [3.63, 3.8) is 0 Å². The number of benzene rings is 1. The molecule has 0 spiro atoms. The lowest BCUT2D eigenvalue weighted by molar-refractivity contribution is -0.106. The van der Waals surface area contributed by atoms with E-state index in [0.29, 0.717) is 16.6 Å². The summed E-state index contributed by atoms with van der Waals surface area (Å²) in [7, 11) is 4.37. The molecule has 6 heteroatoms. The van der Waals surface area contributed by atoms with E-state index < -0.39 is 0 Å². The Morgan fingerprint density at radius 3 is 2.44 bits per heavy atom. The number of carbonyl (C=O) groups is 1. The SMILES string of the molecule is CC=O.CN(O)CCC(P)c1ccc(Cl)c(Cl)c1. The smallest absolute Gasteiger partial charge is 0.116 e. The minimum Gasteiger partial charge on any atom is -0.314 e. The van der Waals surface area contributed by atoms with Gasteiger partial charge in [0.15, 0.2) is 0 Å². The first-order valence-corrected chi connectivity index (χ1v) is 6.85. The molecule has 0 amide bonds. The van der Waals surface area contributed by atoms with Gasteiger partial charge in [0.25, 0.3) is 0 Å². The highest BCUT2D eigenvalue weighted by Gasteiger charge is 2.08. The zero-order chi connectivity index (χ0) is 14.1.